The summed E-state index contributed by atoms with van der Waals surface area (Å²) in [6.45, 7) is 4.11. The highest BCUT2D eigenvalue weighted by Crippen LogP contribution is 2.35. The van der Waals surface area contributed by atoms with Gasteiger partial charge in [-0.2, -0.15) is 0 Å². The number of alkyl halides is 2. The smallest absolute Gasteiger partial charge is 0.273 e. The summed E-state index contributed by atoms with van der Waals surface area (Å²) in [5.74, 6) is -2.39. The van der Waals surface area contributed by atoms with E-state index < -0.39 is 17.3 Å². The van der Waals surface area contributed by atoms with Crippen LogP contribution in [0.3, 0.4) is 0 Å². The number of hydrogen-bond acceptors (Lipinski definition) is 7. The van der Waals surface area contributed by atoms with Gasteiger partial charge in [-0.25, -0.2) is 23.1 Å². The van der Waals surface area contributed by atoms with Crippen LogP contribution < -0.4 is 14.8 Å². The second-order valence-electron chi connectivity index (χ2n) is 8.04. The van der Waals surface area contributed by atoms with Crippen molar-refractivity contribution in [2.75, 3.05) is 38.9 Å². The van der Waals surface area contributed by atoms with Crippen molar-refractivity contribution in [1.82, 2.24) is 9.97 Å². The maximum absolute atomic E-state index is 14.7. The number of fused-ring (bicyclic) bond motifs is 1. The lowest BCUT2D eigenvalue weighted by atomic mass is 10.0. The maximum atomic E-state index is 14.7. The first-order chi connectivity index (χ1) is 16.3. The summed E-state index contributed by atoms with van der Waals surface area (Å²) in [6, 6.07) is 7.40. The molecule has 0 amide bonds. The Kier molecular flexibility index (Phi) is 7.08. The van der Waals surface area contributed by atoms with E-state index in [9.17, 15) is 13.2 Å². The zero-order valence-corrected chi connectivity index (χ0v) is 19.2. The van der Waals surface area contributed by atoms with E-state index in [0.717, 1.165) is 6.07 Å². The van der Waals surface area contributed by atoms with E-state index in [-0.39, 0.29) is 24.8 Å². The van der Waals surface area contributed by atoms with Crippen molar-refractivity contribution >= 4 is 16.7 Å². The number of nitrogens with zero attached hydrogens (tertiary/aromatic N) is 2. The first-order valence-corrected chi connectivity index (χ1v) is 10.8. The lowest BCUT2D eigenvalue weighted by Crippen LogP contribution is -2.33. The molecule has 1 N–H and O–H groups in total. The summed E-state index contributed by atoms with van der Waals surface area (Å²) >= 11 is 0. The number of hydrogen-bond donors (Lipinski definition) is 1. The highest BCUT2D eigenvalue weighted by molar-refractivity contribution is 5.91. The summed E-state index contributed by atoms with van der Waals surface area (Å²) in [6.07, 6.45) is -0.201. The average Bonchev–Trinajstić information content (AvgIpc) is 2.81. The van der Waals surface area contributed by atoms with Gasteiger partial charge in [0.15, 0.2) is 11.5 Å². The molecule has 0 bridgehead atoms. The van der Waals surface area contributed by atoms with Gasteiger partial charge in [-0.15, -0.1) is 0 Å². The van der Waals surface area contributed by atoms with Crippen LogP contribution >= 0.6 is 0 Å². The third kappa shape index (κ3) is 5.34. The predicted octanol–water partition coefficient (Wildman–Crippen LogP) is 4.60. The van der Waals surface area contributed by atoms with Gasteiger partial charge in [0.05, 0.1) is 38.0 Å². The van der Waals surface area contributed by atoms with E-state index in [4.69, 9.17) is 18.9 Å². The third-order valence-electron chi connectivity index (χ3n) is 5.40. The second kappa shape index (κ2) is 10.0. The van der Waals surface area contributed by atoms with Crippen LogP contribution in [0.15, 0.2) is 30.3 Å². The monoisotopic (exact) mass is 477 g/mol. The van der Waals surface area contributed by atoms with Crippen LogP contribution in [-0.2, 0) is 21.9 Å². The summed E-state index contributed by atoms with van der Waals surface area (Å²) in [5, 5.41) is 3.67. The Morgan fingerprint density at radius 1 is 1.18 bits per heavy atom. The summed E-state index contributed by atoms with van der Waals surface area (Å²) in [7, 11) is 1.53. The molecule has 1 aliphatic heterocycles. The molecule has 0 aliphatic carbocycles. The molecule has 2 heterocycles. The summed E-state index contributed by atoms with van der Waals surface area (Å²) in [4.78, 5) is 8.88. The molecule has 7 nitrogen and oxygen atoms in total. The van der Waals surface area contributed by atoms with E-state index >= 15 is 0 Å². The van der Waals surface area contributed by atoms with Gasteiger partial charge in [-0.1, -0.05) is 18.2 Å². The van der Waals surface area contributed by atoms with E-state index in [2.05, 4.69) is 15.3 Å². The minimum Gasteiger partial charge on any atom is -0.493 e. The van der Waals surface area contributed by atoms with Crippen molar-refractivity contribution < 1.29 is 32.1 Å². The normalized spacial score (nSPS) is 16.5. The van der Waals surface area contributed by atoms with Crippen LogP contribution in [0.25, 0.3) is 10.9 Å². The summed E-state index contributed by atoms with van der Waals surface area (Å²) < 4.78 is 64.5. The number of ether oxygens (including phenoxy) is 4. The lowest BCUT2D eigenvalue weighted by Gasteiger charge is -2.23. The maximum Gasteiger partial charge on any atom is 0.273 e. The Labute approximate surface area is 195 Å². The van der Waals surface area contributed by atoms with Gasteiger partial charge in [-0.05, 0) is 13.0 Å². The molecule has 1 fully saturated rings. The minimum absolute atomic E-state index is 0.0449. The Hall–Kier alpha value is -3.11. The second-order valence-corrected chi connectivity index (χ2v) is 8.04. The minimum atomic E-state index is -3.28. The van der Waals surface area contributed by atoms with Crippen LogP contribution in [0.2, 0.25) is 0 Å². The van der Waals surface area contributed by atoms with E-state index in [0.29, 0.717) is 60.8 Å². The van der Waals surface area contributed by atoms with E-state index in [1.807, 2.05) is 0 Å². The molecule has 1 atom stereocenters. The number of methoxy groups -OCH3 is 1. The van der Waals surface area contributed by atoms with E-state index in [1.165, 1.54) is 19.2 Å². The number of nitrogens with one attached hydrogen (secondary N) is 1. The first-order valence-electron chi connectivity index (χ1n) is 10.8. The van der Waals surface area contributed by atoms with Crippen LogP contribution in [0.5, 0.6) is 11.5 Å². The highest BCUT2D eigenvalue weighted by atomic mass is 19.3. The number of aromatic nitrogens is 2. The lowest BCUT2D eigenvalue weighted by molar-refractivity contribution is -0.101. The van der Waals surface area contributed by atoms with Crippen molar-refractivity contribution in [1.29, 1.82) is 0 Å². The Morgan fingerprint density at radius 3 is 2.71 bits per heavy atom. The predicted molar refractivity (Wildman–Crippen MR) is 120 cm³/mol. The Morgan fingerprint density at radius 2 is 2.00 bits per heavy atom. The fourth-order valence-electron chi connectivity index (χ4n) is 3.71. The molecular formula is C24H26F3N3O4. The largest absolute Gasteiger partial charge is 0.493 e. The van der Waals surface area contributed by atoms with Crippen molar-refractivity contribution in [2.45, 2.75) is 32.4 Å². The molecule has 0 spiro atoms. The van der Waals surface area contributed by atoms with Gasteiger partial charge in [0.1, 0.15) is 30.2 Å². The standard InChI is InChI=1S/C24H26F3N3O4/c1-14-29-19-10-20(31-3)21(34-13-16-12-32-7-8-33-16)9-17(19)23(30-14)28-11-15-5-4-6-18(22(15)25)24(2,26)27/h4-6,9-10,16H,7-8,11-13H2,1-3H3,(H,28,29,30)/t16-/m0/s1. The zero-order chi connectivity index (χ0) is 24.3. The molecule has 0 radical (unpaired) electrons. The quantitative estimate of drug-likeness (QED) is 0.508. The van der Waals surface area contributed by atoms with Crippen molar-refractivity contribution in [3.05, 3.63) is 53.1 Å². The molecule has 4 rings (SSSR count). The van der Waals surface area contributed by atoms with Crippen LogP contribution in [0.4, 0.5) is 19.0 Å². The molecule has 2 aromatic carbocycles. The Balaban J connectivity index is 1.62. The van der Waals surface area contributed by atoms with Crippen molar-refractivity contribution in [3.8, 4) is 11.5 Å². The van der Waals surface area contributed by atoms with Crippen LogP contribution in [-0.4, -0.2) is 49.6 Å². The topological polar surface area (TPSA) is 74.7 Å². The number of halogens is 3. The highest BCUT2D eigenvalue weighted by Gasteiger charge is 2.29. The van der Waals surface area contributed by atoms with Crippen LogP contribution in [0, 0.1) is 12.7 Å². The first kappa shape index (κ1) is 24.0. The molecule has 1 aliphatic rings. The van der Waals surface area contributed by atoms with Gasteiger partial charge in [0, 0.05) is 30.5 Å². The van der Waals surface area contributed by atoms with Gasteiger partial charge in [0.25, 0.3) is 5.92 Å². The summed E-state index contributed by atoms with van der Waals surface area (Å²) in [5.41, 5.74) is 0.0403. The molecule has 0 saturated carbocycles. The van der Waals surface area contributed by atoms with Gasteiger partial charge < -0.3 is 24.3 Å². The van der Waals surface area contributed by atoms with Gasteiger partial charge in [-0.3, -0.25) is 0 Å². The van der Waals surface area contributed by atoms with Crippen molar-refractivity contribution in [3.63, 3.8) is 0 Å². The molecule has 34 heavy (non-hydrogen) atoms. The molecular weight excluding hydrogens is 451 g/mol. The SMILES string of the molecule is COc1cc2nc(C)nc(NCc3cccc(C(C)(F)F)c3F)c2cc1OC[C@@H]1COCCO1. The zero-order valence-electron chi connectivity index (χ0n) is 19.2. The molecule has 1 aromatic heterocycles. The molecule has 1 saturated heterocycles. The number of anilines is 1. The van der Waals surface area contributed by atoms with E-state index in [1.54, 1.807) is 19.1 Å². The number of rotatable bonds is 8. The number of aryl methyl sites for hydroxylation is 1. The number of benzene rings is 2. The van der Waals surface area contributed by atoms with Gasteiger partial charge >= 0.3 is 0 Å². The fourth-order valence-corrected chi connectivity index (χ4v) is 3.71. The molecule has 0 unspecified atom stereocenters. The Bertz CT molecular complexity index is 1160. The third-order valence-corrected chi connectivity index (χ3v) is 5.40. The fraction of sp³-hybridized carbons (Fsp3) is 0.417. The van der Waals surface area contributed by atoms with Crippen molar-refractivity contribution in [2.24, 2.45) is 0 Å². The van der Waals surface area contributed by atoms with Gasteiger partial charge in [0.2, 0.25) is 0 Å². The average molecular weight is 477 g/mol. The molecule has 3 aromatic rings. The molecule has 182 valence electrons. The molecule has 10 heteroatoms. The van der Waals surface area contributed by atoms with Crippen LogP contribution in [0.1, 0.15) is 23.9 Å².